The topological polar surface area (TPSA) is 48.6 Å². The van der Waals surface area contributed by atoms with Gasteiger partial charge < -0.3 is 5.48 Å². The highest BCUT2D eigenvalue weighted by atomic mass is 35.5. The normalized spacial score (nSPS) is 9.27. The monoisotopic (exact) mass is 484 g/mol. The molecule has 0 saturated heterocycles. The minimum absolute atomic E-state index is 0. The van der Waals surface area contributed by atoms with E-state index >= 15 is 0 Å². The average Bonchev–Trinajstić information content (AvgIpc) is 2.81. The Morgan fingerprint density at radius 1 is 0.485 bits per heavy atom. The van der Waals surface area contributed by atoms with E-state index in [1.54, 1.807) is 0 Å². The summed E-state index contributed by atoms with van der Waals surface area (Å²) in [5, 5.41) is 0. The Labute approximate surface area is 209 Å². The summed E-state index contributed by atoms with van der Waals surface area (Å²) in [6.07, 6.45) is 0. The van der Waals surface area contributed by atoms with Gasteiger partial charge in [-0.1, -0.05) is 167 Å². The number of hydrogen-bond acceptors (Lipinski definition) is 1. The highest BCUT2D eigenvalue weighted by molar-refractivity contribution is 6.50. The molecule has 0 aliphatic rings. The Balaban J connectivity index is 0. The molecule has 33 heavy (non-hydrogen) atoms. The lowest BCUT2D eigenvalue weighted by atomic mass is 10.0. The molecular formula is C29H34Cl2O2. The highest BCUT2D eigenvalue weighted by Gasteiger charge is 2.28. The van der Waals surface area contributed by atoms with Crippen LogP contribution in [0.3, 0.4) is 0 Å². The molecule has 0 bridgehead atoms. The molecule has 4 aromatic rings. The van der Waals surface area contributed by atoms with Crippen LogP contribution >= 0.6 is 23.2 Å². The van der Waals surface area contributed by atoms with E-state index in [1.807, 2.05) is 121 Å². The first-order valence-corrected chi connectivity index (χ1v) is 9.98. The Bertz CT molecular complexity index is 937. The fraction of sp³-hybridized carbons (Fsp3) is 0.138. The third-order valence-corrected chi connectivity index (χ3v) is 5.22. The van der Waals surface area contributed by atoms with Gasteiger partial charge in [-0.3, -0.25) is 4.79 Å². The predicted octanol–water partition coefficient (Wildman–Crippen LogP) is 8.37. The van der Waals surface area contributed by atoms with Gasteiger partial charge in [0.1, 0.15) is 0 Å². The molecule has 0 spiro atoms. The first-order valence-electron chi connectivity index (χ1n) is 9.22. The maximum atomic E-state index is 11.8. The third kappa shape index (κ3) is 8.86. The Morgan fingerprint density at radius 2 is 0.727 bits per heavy atom. The molecule has 0 fully saturated rings. The summed E-state index contributed by atoms with van der Waals surface area (Å²) in [6, 6.07) is 37.9. The summed E-state index contributed by atoms with van der Waals surface area (Å²) in [6.45, 7) is 0. The van der Waals surface area contributed by atoms with Crippen LogP contribution in [0.15, 0.2) is 121 Å². The van der Waals surface area contributed by atoms with E-state index in [0.717, 1.165) is 22.3 Å². The Kier molecular flexibility index (Phi) is 15.5. The van der Waals surface area contributed by atoms with Crippen LogP contribution in [0, 0.1) is 0 Å². The number of alkyl halides is 2. The van der Waals surface area contributed by atoms with Gasteiger partial charge in [0.05, 0.1) is 0 Å². The van der Waals surface area contributed by atoms with Gasteiger partial charge in [0.25, 0.3) is 0 Å². The summed E-state index contributed by atoms with van der Waals surface area (Å²) in [4.78, 5) is 11.8. The maximum absolute atomic E-state index is 11.8. The molecule has 0 atom stereocenters. The molecule has 2 nitrogen and oxygen atoms in total. The van der Waals surface area contributed by atoms with Gasteiger partial charge in [0.15, 0.2) is 10.1 Å². The van der Waals surface area contributed by atoms with E-state index in [0.29, 0.717) is 0 Å². The standard InChI is InChI=1S/C13H10Cl2.C13H10O.3CH4.H2O/c14-13(15,11-7-3-1-4-8-11)12-9-5-2-6-10-12;14-13(11-7-3-1-4-8-11)12-9-5-2-6-10-12;;;;/h1-10H;1-10H;3*1H4;1H2. The van der Waals surface area contributed by atoms with Crippen LogP contribution in [0.1, 0.15) is 49.3 Å². The molecule has 0 aliphatic heterocycles. The molecule has 4 aromatic carbocycles. The van der Waals surface area contributed by atoms with Crippen LogP contribution in [-0.2, 0) is 4.33 Å². The van der Waals surface area contributed by atoms with Crippen LogP contribution in [0.2, 0.25) is 0 Å². The molecule has 0 aromatic heterocycles. The summed E-state index contributed by atoms with van der Waals surface area (Å²) in [5.74, 6) is 0.0752. The van der Waals surface area contributed by atoms with Gasteiger partial charge in [-0.05, 0) is 11.1 Å². The molecule has 0 heterocycles. The first-order chi connectivity index (χ1) is 14.1. The lowest BCUT2D eigenvalue weighted by molar-refractivity contribution is 0.103. The van der Waals surface area contributed by atoms with E-state index < -0.39 is 4.33 Å². The summed E-state index contributed by atoms with van der Waals surface area (Å²) in [7, 11) is 0. The third-order valence-electron chi connectivity index (χ3n) is 4.34. The quantitative estimate of drug-likeness (QED) is 0.212. The SMILES string of the molecule is C.C.C.ClC(Cl)(c1ccccc1)c1ccccc1.O.O=C(c1ccccc1)c1ccccc1. The average molecular weight is 485 g/mol. The van der Waals surface area contributed by atoms with Gasteiger partial charge in [0.2, 0.25) is 0 Å². The zero-order valence-corrected chi connectivity index (χ0v) is 17.7. The zero-order chi connectivity index (χ0) is 20.5. The predicted molar refractivity (Wildman–Crippen MR) is 145 cm³/mol. The second kappa shape index (κ2) is 15.8. The Hall–Kier alpha value is -2.91. The molecule has 0 amide bonds. The van der Waals surface area contributed by atoms with Crippen molar-refractivity contribution in [1.82, 2.24) is 0 Å². The van der Waals surface area contributed by atoms with Crippen LogP contribution in [0.4, 0.5) is 0 Å². The molecule has 4 rings (SSSR count). The molecule has 0 unspecified atom stereocenters. The van der Waals surface area contributed by atoms with Crippen molar-refractivity contribution in [2.75, 3.05) is 0 Å². The summed E-state index contributed by atoms with van der Waals surface area (Å²) in [5.41, 5.74) is 3.25. The van der Waals surface area contributed by atoms with Crippen molar-refractivity contribution in [2.24, 2.45) is 0 Å². The van der Waals surface area contributed by atoms with Gasteiger partial charge in [-0.25, -0.2) is 0 Å². The number of benzene rings is 4. The zero-order valence-electron chi connectivity index (χ0n) is 16.2. The van der Waals surface area contributed by atoms with Crippen LogP contribution in [0.25, 0.3) is 0 Å². The maximum Gasteiger partial charge on any atom is 0.193 e. The molecule has 176 valence electrons. The van der Waals surface area contributed by atoms with Gasteiger partial charge >= 0.3 is 0 Å². The summed E-state index contributed by atoms with van der Waals surface area (Å²) < 4.78 is -0.970. The highest BCUT2D eigenvalue weighted by Crippen LogP contribution is 2.40. The van der Waals surface area contributed by atoms with Crippen LogP contribution < -0.4 is 0 Å². The molecule has 4 heteroatoms. The van der Waals surface area contributed by atoms with Crippen LogP contribution in [-0.4, -0.2) is 11.3 Å². The van der Waals surface area contributed by atoms with Crippen molar-refractivity contribution in [3.8, 4) is 0 Å². The number of carbonyl (C=O) groups excluding carboxylic acids is 1. The smallest absolute Gasteiger partial charge is 0.193 e. The van der Waals surface area contributed by atoms with Gasteiger partial charge in [-0.2, -0.15) is 0 Å². The van der Waals surface area contributed by atoms with E-state index in [-0.39, 0.29) is 33.5 Å². The Morgan fingerprint density at radius 3 is 1.00 bits per heavy atom. The molecule has 0 radical (unpaired) electrons. The number of halogens is 2. The fourth-order valence-electron chi connectivity index (χ4n) is 2.81. The number of carbonyl (C=O) groups is 1. The number of hydrogen-bond donors (Lipinski definition) is 0. The minimum atomic E-state index is -0.970. The first kappa shape index (κ1) is 32.3. The van der Waals surface area contributed by atoms with Crippen LogP contribution in [0.5, 0.6) is 0 Å². The molecular weight excluding hydrogens is 451 g/mol. The van der Waals surface area contributed by atoms with Gasteiger partial charge in [0, 0.05) is 11.1 Å². The second-order valence-electron chi connectivity index (χ2n) is 6.37. The number of ketones is 1. The van der Waals surface area contributed by atoms with E-state index in [2.05, 4.69) is 0 Å². The van der Waals surface area contributed by atoms with E-state index in [9.17, 15) is 4.79 Å². The van der Waals surface area contributed by atoms with Crippen molar-refractivity contribution in [3.63, 3.8) is 0 Å². The fourth-order valence-corrected chi connectivity index (χ4v) is 3.31. The molecule has 0 saturated carbocycles. The van der Waals surface area contributed by atoms with Crippen molar-refractivity contribution < 1.29 is 10.3 Å². The lowest BCUT2D eigenvalue weighted by Gasteiger charge is -2.20. The molecule has 0 aliphatic carbocycles. The van der Waals surface area contributed by atoms with Crippen molar-refractivity contribution in [2.45, 2.75) is 26.6 Å². The van der Waals surface area contributed by atoms with Crippen molar-refractivity contribution in [3.05, 3.63) is 144 Å². The largest absolute Gasteiger partial charge is 0.412 e. The van der Waals surface area contributed by atoms with Crippen molar-refractivity contribution in [1.29, 1.82) is 0 Å². The van der Waals surface area contributed by atoms with Crippen molar-refractivity contribution >= 4 is 29.0 Å². The minimum Gasteiger partial charge on any atom is -0.412 e. The summed E-state index contributed by atoms with van der Waals surface area (Å²) >= 11 is 12.7. The van der Waals surface area contributed by atoms with E-state index in [4.69, 9.17) is 23.2 Å². The number of rotatable bonds is 4. The lowest BCUT2D eigenvalue weighted by Crippen LogP contribution is -2.11. The van der Waals surface area contributed by atoms with Gasteiger partial charge in [-0.15, -0.1) is 0 Å². The second-order valence-corrected chi connectivity index (χ2v) is 7.69. The van der Waals surface area contributed by atoms with E-state index in [1.165, 1.54) is 0 Å². The molecule has 2 N–H and O–H groups in total.